The SMILES string of the molecule is NC(=O)c1sc2cnc(Cl)cc2c1C1CCCC1. The van der Waals surface area contributed by atoms with Crippen LogP contribution < -0.4 is 5.73 Å². The Labute approximate surface area is 114 Å². The van der Waals surface area contributed by atoms with Crippen LogP contribution in [0.5, 0.6) is 0 Å². The highest BCUT2D eigenvalue weighted by atomic mass is 35.5. The summed E-state index contributed by atoms with van der Waals surface area (Å²) in [4.78, 5) is 16.4. The molecular weight excluding hydrogens is 268 g/mol. The second kappa shape index (κ2) is 4.52. The number of carbonyl (C=O) groups is 1. The molecule has 1 saturated carbocycles. The first kappa shape index (κ1) is 11.9. The summed E-state index contributed by atoms with van der Waals surface area (Å²) in [7, 11) is 0. The monoisotopic (exact) mass is 280 g/mol. The van der Waals surface area contributed by atoms with E-state index < -0.39 is 0 Å². The van der Waals surface area contributed by atoms with E-state index >= 15 is 0 Å². The summed E-state index contributed by atoms with van der Waals surface area (Å²) in [5.41, 5.74) is 6.60. The molecular formula is C13H13ClN2OS. The predicted octanol–water partition coefficient (Wildman–Crippen LogP) is 3.71. The second-order valence-electron chi connectivity index (χ2n) is 4.69. The molecule has 0 spiro atoms. The van der Waals surface area contributed by atoms with Crippen molar-refractivity contribution in [1.29, 1.82) is 0 Å². The van der Waals surface area contributed by atoms with Gasteiger partial charge >= 0.3 is 0 Å². The number of thiophene rings is 1. The number of rotatable bonds is 2. The highest BCUT2D eigenvalue weighted by Gasteiger charge is 2.26. The van der Waals surface area contributed by atoms with Gasteiger partial charge in [-0.05, 0) is 30.4 Å². The molecule has 0 bridgehead atoms. The van der Waals surface area contributed by atoms with Crippen LogP contribution >= 0.6 is 22.9 Å². The van der Waals surface area contributed by atoms with Crippen LogP contribution in [-0.2, 0) is 0 Å². The number of pyridine rings is 1. The lowest BCUT2D eigenvalue weighted by Crippen LogP contribution is -2.12. The third-order valence-electron chi connectivity index (χ3n) is 3.57. The van der Waals surface area contributed by atoms with Crippen LogP contribution in [0, 0.1) is 0 Å². The van der Waals surface area contributed by atoms with Crippen molar-refractivity contribution in [3.63, 3.8) is 0 Å². The van der Waals surface area contributed by atoms with E-state index in [1.807, 2.05) is 6.07 Å². The van der Waals surface area contributed by atoms with Crippen molar-refractivity contribution in [2.75, 3.05) is 0 Å². The van der Waals surface area contributed by atoms with E-state index in [1.165, 1.54) is 24.2 Å². The zero-order chi connectivity index (χ0) is 12.7. The Balaban J connectivity index is 2.26. The highest BCUT2D eigenvalue weighted by molar-refractivity contribution is 7.21. The van der Waals surface area contributed by atoms with Gasteiger partial charge < -0.3 is 5.73 Å². The lowest BCUT2D eigenvalue weighted by molar-refractivity contribution is 0.100. The first-order valence-corrected chi connectivity index (χ1v) is 7.24. The fourth-order valence-corrected chi connectivity index (χ4v) is 4.05. The molecule has 0 aliphatic heterocycles. The quantitative estimate of drug-likeness (QED) is 0.853. The van der Waals surface area contributed by atoms with Crippen LogP contribution in [0.2, 0.25) is 5.15 Å². The molecule has 3 rings (SSSR count). The Morgan fingerprint density at radius 2 is 2.17 bits per heavy atom. The summed E-state index contributed by atoms with van der Waals surface area (Å²) in [5.74, 6) is 0.105. The Kier molecular flexibility index (Phi) is 2.99. The summed E-state index contributed by atoms with van der Waals surface area (Å²) < 4.78 is 0.995. The van der Waals surface area contributed by atoms with Crippen molar-refractivity contribution in [1.82, 2.24) is 4.98 Å². The highest BCUT2D eigenvalue weighted by Crippen LogP contribution is 2.43. The maximum Gasteiger partial charge on any atom is 0.259 e. The molecule has 0 saturated heterocycles. The number of amides is 1. The fraction of sp³-hybridized carbons (Fsp3) is 0.385. The zero-order valence-electron chi connectivity index (χ0n) is 9.78. The largest absolute Gasteiger partial charge is 0.365 e. The Hall–Kier alpha value is -1.13. The summed E-state index contributed by atoms with van der Waals surface area (Å²) in [5, 5.41) is 1.52. The fourth-order valence-electron chi connectivity index (χ4n) is 2.80. The maximum absolute atomic E-state index is 11.6. The number of hydrogen-bond donors (Lipinski definition) is 1. The van der Waals surface area contributed by atoms with Crippen LogP contribution in [0.4, 0.5) is 0 Å². The molecule has 0 atom stereocenters. The summed E-state index contributed by atoms with van der Waals surface area (Å²) >= 11 is 7.40. The van der Waals surface area contributed by atoms with Crippen molar-refractivity contribution < 1.29 is 4.79 Å². The molecule has 1 aliphatic rings. The summed E-state index contributed by atoms with van der Waals surface area (Å²) in [6, 6.07) is 1.85. The first-order chi connectivity index (χ1) is 8.66. The Morgan fingerprint density at radius 1 is 1.44 bits per heavy atom. The molecule has 0 radical (unpaired) electrons. The second-order valence-corrected chi connectivity index (χ2v) is 6.13. The van der Waals surface area contributed by atoms with Crippen LogP contribution in [0.15, 0.2) is 12.3 Å². The van der Waals surface area contributed by atoms with Gasteiger partial charge in [0.05, 0.1) is 9.58 Å². The number of carbonyl (C=O) groups excluding carboxylic acids is 1. The molecule has 0 aromatic carbocycles. The van der Waals surface area contributed by atoms with Crippen molar-refractivity contribution in [2.24, 2.45) is 5.73 Å². The first-order valence-electron chi connectivity index (χ1n) is 6.04. The van der Waals surface area contributed by atoms with Gasteiger partial charge in [-0.15, -0.1) is 11.3 Å². The molecule has 1 aliphatic carbocycles. The molecule has 94 valence electrons. The molecule has 1 fully saturated rings. The minimum atomic E-state index is -0.339. The third-order valence-corrected chi connectivity index (χ3v) is 4.95. The Bertz CT molecular complexity index is 617. The smallest absolute Gasteiger partial charge is 0.259 e. The van der Waals surface area contributed by atoms with Gasteiger partial charge in [0, 0.05) is 11.6 Å². The van der Waals surface area contributed by atoms with Gasteiger partial charge in [-0.3, -0.25) is 4.79 Å². The minimum absolute atomic E-state index is 0.339. The number of nitrogens with two attached hydrogens (primary N) is 1. The number of halogens is 1. The van der Waals surface area contributed by atoms with Gasteiger partial charge in [-0.2, -0.15) is 0 Å². The lowest BCUT2D eigenvalue weighted by atomic mass is 9.95. The van der Waals surface area contributed by atoms with E-state index in [1.54, 1.807) is 6.20 Å². The zero-order valence-corrected chi connectivity index (χ0v) is 11.4. The maximum atomic E-state index is 11.6. The standard InChI is InChI=1S/C13H13ClN2OS/c14-10-5-8-9(6-16-10)18-12(13(15)17)11(8)7-3-1-2-4-7/h5-7H,1-4H2,(H2,15,17). The third kappa shape index (κ3) is 1.89. The van der Waals surface area contributed by atoms with E-state index in [-0.39, 0.29) is 5.91 Å². The molecule has 18 heavy (non-hydrogen) atoms. The van der Waals surface area contributed by atoms with Crippen LogP contribution in [0.1, 0.15) is 46.8 Å². The van der Waals surface area contributed by atoms with E-state index in [0.717, 1.165) is 28.5 Å². The van der Waals surface area contributed by atoms with Crippen LogP contribution in [-0.4, -0.2) is 10.9 Å². The van der Waals surface area contributed by atoms with Gasteiger partial charge in [0.15, 0.2) is 0 Å². The van der Waals surface area contributed by atoms with Crippen molar-refractivity contribution in [3.05, 3.63) is 27.9 Å². The van der Waals surface area contributed by atoms with Gasteiger partial charge in [-0.25, -0.2) is 4.98 Å². The van der Waals surface area contributed by atoms with Crippen LogP contribution in [0.3, 0.4) is 0 Å². The summed E-state index contributed by atoms with van der Waals surface area (Å²) in [6.45, 7) is 0. The number of fused-ring (bicyclic) bond motifs is 1. The Morgan fingerprint density at radius 3 is 2.83 bits per heavy atom. The molecule has 1 amide bonds. The molecule has 2 aromatic rings. The molecule has 2 heterocycles. The number of hydrogen-bond acceptors (Lipinski definition) is 3. The van der Waals surface area contributed by atoms with E-state index in [2.05, 4.69) is 4.98 Å². The van der Waals surface area contributed by atoms with E-state index in [4.69, 9.17) is 17.3 Å². The topological polar surface area (TPSA) is 56.0 Å². The predicted molar refractivity (Wildman–Crippen MR) is 74.4 cm³/mol. The molecule has 3 nitrogen and oxygen atoms in total. The van der Waals surface area contributed by atoms with Gasteiger partial charge in [-0.1, -0.05) is 24.4 Å². The number of nitrogens with zero attached hydrogens (tertiary/aromatic N) is 1. The van der Waals surface area contributed by atoms with Gasteiger partial charge in [0.1, 0.15) is 5.15 Å². The average molecular weight is 281 g/mol. The lowest BCUT2D eigenvalue weighted by Gasteiger charge is -2.10. The molecule has 5 heteroatoms. The summed E-state index contributed by atoms with van der Waals surface area (Å²) in [6.07, 6.45) is 6.43. The molecule has 0 unspecified atom stereocenters. The van der Waals surface area contributed by atoms with Crippen molar-refractivity contribution in [2.45, 2.75) is 31.6 Å². The number of aromatic nitrogens is 1. The van der Waals surface area contributed by atoms with Gasteiger partial charge in [0.2, 0.25) is 0 Å². The number of primary amides is 1. The minimum Gasteiger partial charge on any atom is -0.365 e. The van der Waals surface area contributed by atoms with Gasteiger partial charge in [0.25, 0.3) is 5.91 Å². The van der Waals surface area contributed by atoms with Crippen LogP contribution in [0.25, 0.3) is 10.1 Å². The van der Waals surface area contributed by atoms with Crippen molar-refractivity contribution >= 4 is 38.9 Å². The molecule has 2 aromatic heterocycles. The van der Waals surface area contributed by atoms with E-state index in [0.29, 0.717) is 15.9 Å². The van der Waals surface area contributed by atoms with Crippen molar-refractivity contribution in [3.8, 4) is 0 Å². The average Bonchev–Trinajstić information content (AvgIpc) is 2.93. The molecule has 2 N–H and O–H groups in total. The normalized spacial score (nSPS) is 16.5. The van der Waals surface area contributed by atoms with E-state index in [9.17, 15) is 4.79 Å².